The molecule has 5 heteroatoms. The summed E-state index contributed by atoms with van der Waals surface area (Å²) in [6.45, 7) is 1.66. The van der Waals surface area contributed by atoms with E-state index in [9.17, 15) is 9.18 Å². The third kappa shape index (κ3) is 1.71. The van der Waals surface area contributed by atoms with Crippen molar-refractivity contribution < 1.29 is 13.9 Å². The maximum atomic E-state index is 12.9. The van der Waals surface area contributed by atoms with Crippen LogP contribution in [-0.4, -0.2) is 23.0 Å². The van der Waals surface area contributed by atoms with Crippen molar-refractivity contribution in [1.29, 1.82) is 0 Å². The largest absolute Gasteiger partial charge is 0.465 e. The quantitative estimate of drug-likeness (QED) is 0.543. The number of aryl methyl sites for hydroxylation is 1. The monoisotopic (exact) mass is 220 g/mol. The summed E-state index contributed by atoms with van der Waals surface area (Å²) in [6.07, 6.45) is -0.768. The average molecular weight is 220 g/mol. The minimum atomic E-state index is -0.768. The summed E-state index contributed by atoms with van der Waals surface area (Å²) in [5.41, 5.74) is 1.36. The van der Waals surface area contributed by atoms with E-state index < -0.39 is 12.0 Å². The van der Waals surface area contributed by atoms with Crippen molar-refractivity contribution in [2.75, 3.05) is 7.11 Å². The molecule has 2 rings (SSSR count). The van der Waals surface area contributed by atoms with E-state index in [-0.39, 0.29) is 0 Å². The van der Waals surface area contributed by atoms with Crippen LogP contribution in [0.1, 0.15) is 16.1 Å². The van der Waals surface area contributed by atoms with Crippen LogP contribution in [-0.2, 0) is 4.74 Å². The van der Waals surface area contributed by atoms with Gasteiger partial charge in [-0.15, -0.1) is 0 Å². The highest BCUT2D eigenvalue weighted by Crippen LogP contribution is 2.17. The zero-order valence-corrected chi connectivity index (χ0v) is 8.82. The number of nitrogens with zero attached hydrogens (tertiary/aromatic N) is 2. The molecule has 0 saturated carbocycles. The molecule has 0 atom stereocenters. The fraction of sp³-hybridized carbons (Fsp3) is 0.182. The van der Waals surface area contributed by atoms with Gasteiger partial charge in [-0.05, 0) is 25.1 Å². The lowest BCUT2D eigenvalue weighted by atomic mass is 10.1. The predicted molar refractivity (Wildman–Crippen MR) is 55.6 cm³/mol. The number of carbonyl (C=O) groups excluding carboxylic acids is 1. The van der Waals surface area contributed by atoms with Gasteiger partial charge in [-0.3, -0.25) is 0 Å². The normalized spacial score (nSPS) is 10.4. The molecule has 1 aromatic heterocycles. The molecule has 1 heterocycles. The Labute approximate surface area is 91.1 Å². The molecule has 82 valence electrons. The SMILES string of the molecule is COC(=O)c1ccc2nc(F)nc(C)c2c1. The first-order valence-electron chi connectivity index (χ1n) is 4.64. The Kier molecular flexibility index (Phi) is 2.52. The molecule has 1 aromatic carbocycles. The molecule has 4 nitrogen and oxygen atoms in total. The number of aromatic nitrogens is 2. The first kappa shape index (κ1) is 10.5. The summed E-state index contributed by atoms with van der Waals surface area (Å²) in [7, 11) is 1.31. The molecule has 2 aromatic rings. The van der Waals surface area contributed by atoms with E-state index in [2.05, 4.69) is 14.7 Å². The van der Waals surface area contributed by atoms with Gasteiger partial charge in [0.25, 0.3) is 0 Å². The summed E-state index contributed by atoms with van der Waals surface area (Å²) in [4.78, 5) is 18.5. The standard InChI is InChI=1S/C11H9FN2O2/c1-6-8-5-7(10(15)16-2)3-4-9(8)14-11(12)13-6/h3-5H,1-2H3. The number of hydrogen-bond donors (Lipinski definition) is 0. The van der Waals surface area contributed by atoms with Crippen molar-refractivity contribution in [2.24, 2.45) is 0 Å². The second-order valence-electron chi connectivity index (χ2n) is 3.30. The van der Waals surface area contributed by atoms with E-state index >= 15 is 0 Å². The Bertz CT molecular complexity index is 569. The van der Waals surface area contributed by atoms with Crippen LogP contribution in [0.4, 0.5) is 4.39 Å². The molecule has 0 unspecified atom stereocenters. The molecule has 0 amide bonds. The highest BCUT2D eigenvalue weighted by Gasteiger charge is 2.09. The molecule has 0 bridgehead atoms. The van der Waals surface area contributed by atoms with Gasteiger partial charge < -0.3 is 4.74 Å². The van der Waals surface area contributed by atoms with E-state index in [0.29, 0.717) is 22.2 Å². The van der Waals surface area contributed by atoms with Crippen LogP contribution < -0.4 is 0 Å². The van der Waals surface area contributed by atoms with Crippen LogP contribution in [0.5, 0.6) is 0 Å². The van der Waals surface area contributed by atoms with Crippen molar-refractivity contribution in [2.45, 2.75) is 6.92 Å². The van der Waals surface area contributed by atoms with Crippen LogP contribution in [0, 0.1) is 13.0 Å². The zero-order chi connectivity index (χ0) is 11.7. The third-order valence-electron chi connectivity index (χ3n) is 2.28. The lowest BCUT2D eigenvalue weighted by molar-refractivity contribution is 0.0601. The smallest absolute Gasteiger partial charge is 0.337 e. The van der Waals surface area contributed by atoms with E-state index in [0.717, 1.165) is 0 Å². The number of esters is 1. The van der Waals surface area contributed by atoms with Crippen molar-refractivity contribution in [1.82, 2.24) is 9.97 Å². The zero-order valence-electron chi connectivity index (χ0n) is 8.82. The second kappa shape index (κ2) is 3.84. The average Bonchev–Trinajstić information content (AvgIpc) is 2.27. The van der Waals surface area contributed by atoms with Gasteiger partial charge in [0, 0.05) is 5.39 Å². The summed E-state index contributed by atoms with van der Waals surface area (Å²) in [5, 5.41) is 0.643. The Balaban J connectivity index is 2.66. The minimum absolute atomic E-state index is 0.397. The van der Waals surface area contributed by atoms with Crippen LogP contribution in [0.25, 0.3) is 10.9 Å². The van der Waals surface area contributed by atoms with Gasteiger partial charge in [0.05, 0.1) is 23.9 Å². The van der Waals surface area contributed by atoms with Crippen LogP contribution in [0.15, 0.2) is 18.2 Å². The Hall–Kier alpha value is -2.04. The number of halogens is 1. The summed E-state index contributed by atoms with van der Waals surface area (Å²) < 4.78 is 17.5. The molecule has 0 aliphatic carbocycles. The van der Waals surface area contributed by atoms with E-state index in [4.69, 9.17) is 0 Å². The van der Waals surface area contributed by atoms with Gasteiger partial charge in [-0.1, -0.05) is 0 Å². The van der Waals surface area contributed by atoms with Gasteiger partial charge in [-0.2, -0.15) is 4.39 Å². The summed E-state index contributed by atoms with van der Waals surface area (Å²) in [6, 6.07) is 4.70. The summed E-state index contributed by atoms with van der Waals surface area (Å²) >= 11 is 0. The predicted octanol–water partition coefficient (Wildman–Crippen LogP) is 1.86. The second-order valence-corrected chi connectivity index (χ2v) is 3.30. The van der Waals surface area contributed by atoms with E-state index in [1.807, 2.05) is 0 Å². The Morgan fingerprint density at radius 3 is 2.81 bits per heavy atom. The number of methoxy groups -OCH3 is 1. The molecule has 0 aliphatic rings. The van der Waals surface area contributed by atoms with Gasteiger partial charge in [0.15, 0.2) is 0 Å². The molecule has 0 N–H and O–H groups in total. The third-order valence-corrected chi connectivity index (χ3v) is 2.28. The van der Waals surface area contributed by atoms with E-state index in [1.54, 1.807) is 25.1 Å². The first-order valence-corrected chi connectivity index (χ1v) is 4.64. The van der Waals surface area contributed by atoms with E-state index in [1.165, 1.54) is 7.11 Å². The first-order chi connectivity index (χ1) is 7.61. The molecular formula is C11H9FN2O2. The Morgan fingerprint density at radius 1 is 1.38 bits per heavy atom. The Morgan fingerprint density at radius 2 is 2.12 bits per heavy atom. The number of fused-ring (bicyclic) bond motifs is 1. The molecule has 0 fully saturated rings. The molecule has 0 saturated heterocycles. The fourth-order valence-corrected chi connectivity index (χ4v) is 1.49. The molecular weight excluding hydrogens is 211 g/mol. The van der Waals surface area contributed by atoms with Crippen molar-refractivity contribution in [3.05, 3.63) is 35.5 Å². The topological polar surface area (TPSA) is 52.1 Å². The minimum Gasteiger partial charge on any atom is -0.465 e. The molecule has 0 aliphatic heterocycles. The highest BCUT2D eigenvalue weighted by molar-refractivity contribution is 5.94. The maximum Gasteiger partial charge on any atom is 0.337 e. The summed E-state index contributed by atoms with van der Waals surface area (Å²) in [5.74, 6) is -0.439. The molecule has 16 heavy (non-hydrogen) atoms. The number of rotatable bonds is 1. The number of carbonyl (C=O) groups is 1. The fourth-order valence-electron chi connectivity index (χ4n) is 1.49. The maximum absolute atomic E-state index is 12.9. The number of hydrogen-bond acceptors (Lipinski definition) is 4. The van der Waals surface area contributed by atoms with Crippen LogP contribution in [0.2, 0.25) is 0 Å². The number of benzene rings is 1. The van der Waals surface area contributed by atoms with Gasteiger partial charge in [-0.25, -0.2) is 14.8 Å². The number of ether oxygens (including phenoxy) is 1. The van der Waals surface area contributed by atoms with Gasteiger partial charge >= 0.3 is 12.0 Å². The lowest BCUT2D eigenvalue weighted by Crippen LogP contribution is -2.02. The van der Waals surface area contributed by atoms with Crippen molar-refractivity contribution in [3.63, 3.8) is 0 Å². The van der Waals surface area contributed by atoms with Gasteiger partial charge in [0.1, 0.15) is 0 Å². The highest BCUT2D eigenvalue weighted by atomic mass is 19.1. The van der Waals surface area contributed by atoms with Gasteiger partial charge in [0.2, 0.25) is 0 Å². The molecule has 0 radical (unpaired) electrons. The van der Waals surface area contributed by atoms with Crippen LogP contribution in [0.3, 0.4) is 0 Å². The lowest BCUT2D eigenvalue weighted by Gasteiger charge is -2.03. The molecule has 0 spiro atoms. The van der Waals surface area contributed by atoms with Crippen molar-refractivity contribution in [3.8, 4) is 0 Å². The van der Waals surface area contributed by atoms with Crippen LogP contribution >= 0.6 is 0 Å². The van der Waals surface area contributed by atoms with Crippen molar-refractivity contribution >= 4 is 16.9 Å².